The number of likely N-dealkylation sites (tertiary alicyclic amines) is 1. The maximum Gasteiger partial charge on any atom is 0.125 e. The van der Waals surface area contributed by atoms with Gasteiger partial charge in [0.25, 0.3) is 0 Å². The number of halogens is 2. The second-order valence-electron chi connectivity index (χ2n) is 6.59. The summed E-state index contributed by atoms with van der Waals surface area (Å²) in [6, 6.07) is 4.70. The van der Waals surface area contributed by atoms with Crippen LogP contribution in [0.2, 0.25) is 5.02 Å². The van der Waals surface area contributed by atoms with Gasteiger partial charge in [0.1, 0.15) is 5.82 Å². The van der Waals surface area contributed by atoms with Crippen LogP contribution in [0.5, 0.6) is 0 Å². The monoisotopic (exact) mass is 313 g/mol. The maximum atomic E-state index is 13.3. The molecule has 0 bridgehead atoms. The highest BCUT2D eigenvalue weighted by Gasteiger charge is 2.25. The molecule has 1 N–H and O–H groups in total. The number of nitrogens with zero attached hydrogens (tertiary/aromatic N) is 1. The molecule has 4 heteroatoms. The van der Waals surface area contributed by atoms with Gasteiger partial charge in [-0.3, -0.25) is 4.90 Å². The molecule has 1 saturated heterocycles. The highest BCUT2D eigenvalue weighted by atomic mass is 35.5. The minimum Gasteiger partial charge on any atom is -0.393 e. The molecule has 0 radical (unpaired) electrons. The Kier molecular flexibility index (Phi) is 6.03. The van der Waals surface area contributed by atoms with E-state index >= 15 is 0 Å². The van der Waals surface area contributed by atoms with Crippen LogP contribution in [0.1, 0.15) is 38.7 Å². The molecule has 118 valence electrons. The van der Waals surface area contributed by atoms with Crippen molar-refractivity contribution in [1.82, 2.24) is 4.90 Å². The third-order valence-electron chi connectivity index (χ3n) is 4.22. The van der Waals surface area contributed by atoms with Crippen LogP contribution in [0.4, 0.5) is 4.39 Å². The minimum atomic E-state index is -0.278. The molecule has 1 aromatic carbocycles. The van der Waals surface area contributed by atoms with Gasteiger partial charge in [0, 0.05) is 11.6 Å². The van der Waals surface area contributed by atoms with Crippen molar-refractivity contribution >= 4 is 11.6 Å². The number of aliphatic hydroxyl groups excluding tert-OH is 1. The molecular weight excluding hydrogens is 289 g/mol. The fourth-order valence-corrected chi connectivity index (χ4v) is 3.38. The zero-order chi connectivity index (χ0) is 15.4. The van der Waals surface area contributed by atoms with E-state index in [1.54, 1.807) is 6.07 Å². The molecule has 2 nitrogen and oxygen atoms in total. The largest absolute Gasteiger partial charge is 0.393 e. The fraction of sp³-hybridized carbons (Fsp3) is 0.647. The van der Waals surface area contributed by atoms with Crippen molar-refractivity contribution in [3.63, 3.8) is 0 Å². The Balaban J connectivity index is 1.84. The molecular formula is C17H25ClFNO. The summed E-state index contributed by atoms with van der Waals surface area (Å²) >= 11 is 5.89. The molecule has 1 fully saturated rings. The lowest BCUT2D eigenvalue weighted by Crippen LogP contribution is -2.37. The normalized spacial score (nSPS) is 19.1. The first kappa shape index (κ1) is 16.7. The number of hydrogen-bond acceptors (Lipinski definition) is 2. The second kappa shape index (κ2) is 7.57. The molecule has 0 aliphatic carbocycles. The van der Waals surface area contributed by atoms with Gasteiger partial charge in [0.2, 0.25) is 0 Å². The minimum absolute atomic E-state index is 0.184. The first-order chi connectivity index (χ1) is 9.94. The lowest BCUT2D eigenvalue weighted by Gasteiger charge is -2.34. The van der Waals surface area contributed by atoms with Crippen LogP contribution in [0, 0.1) is 17.7 Å². The number of benzene rings is 1. The van der Waals surface area contributed by atoms with Gasteiger partial charge in [-0.15, -0.1) is 0 Å². The zero-order valence-corrected chi connectivity index (χ0v) is 13.6. The second-order valence-corrected chi connectivity index (χ2v) is 7.02. The van der Waals surface area contributed by atoms with E-state index in [1.165, 1.54) is 6.07 Å². The van der Waals surface area contributed by atoms with E-state index in [2.05, 4.69) is 18.7 Å². The number of rotatable bonds is 5. The summed E-state index contributed by atoms with van der Waals surface area (Å²) < 4.78 is 13.3. The average molecular weight is 314 g/mol. The van der Waals surface area contributed by atoms with Crippen molar-refractivity contribution in [3.8, 4) is 0 Å². The van der Waals surface area contributed by atoms with Crippen LogP contribution in [0.3, 0.4) is 0 Å². The van der Waals surface area contributed by atoms with Crippen molar-refractivity contribution in [3.05, 3.63) is 34.6 Å². The van der Waals surface area contributed by atoms with Crippen LogP contribution >= 0.6 is 11.6 Å². The van der Waals surface area contributed by atoms with Gasteiger partial charge >= 0.3 is 0 Å². The predicted octanol–water partition coefficient (Wildman–Crippen LogP) is 4.10. The molecule has 1 atom stereocenters. The summed E-state index contributed by atoms with van der Waals surface area (Å²) in [5, 5.41) is 10.7. The molecule has 0 saturated carbocycles. The molecule has 1 heterocycles. The van der Waals surface area contributed by atoms with Crippen LogP contribution in [-0.4, -0.2) is 29.2 Å². The summed E-state index contributed by atoms with van der Waals surface area (Å²) in [5.74, 6) is 0.659. The Bertz CT molecular complexity index is 438. The van der Waals surface area contributed by atoms with Crippen molar-refractivity contribution in [2.24, 2.45) is 11.8 Å². The van der Waals surface area contributed by atoms with Crippen molar-refractivity contribution in [2.45, 2.75) is 45.8 Å². The Hall–Kier alpha value is -0.640. The van der Waals surface area contributed by atoms with E-state index in [0.29, 0.717) is 16.9 Å². The Labute approximate surface area is 131 Å². The average Bonchev–Trinajstić information content (AvgIpc) is 2.37. The van der Waals surface area contributed by atoms with Gasteiger partial charge in [-0.1, -0.05) is 25.4 Å². The molecule has 0 aromatic heterocycles. The predicted molar refractivity (Wildman–Crippen MR) is 84.9 cm³/mol. The smallest absolute Gasteiger partial charge is 0.125 e. The molecule has 1 aliphatic heterocycles. The van der Waals surface area contributed by atoms with E-state index in [9.17, 15) is 9.50 Å². The van der Waals surface area contributed by atoms with E-state index in [4.69, 9.17) is 11.6 Å². The molecule has 0 unspecified atom stereocenters. The third-order valence-corrected chi connectivity index (χ3v) is 4.44. The maximum absolute atomic E-state index is 13.3. The van der Waals surface area contributed by atoms with Gasteiger partial charge in [-0.2, -0.15) is 0 Å². The fourth-order valence-electron chi connectivity index (χ4n) is 3.13. The van der Waals surface area contributed by atoms with E-state index in [1.807, 2.05) is 6.07 Å². The molecule has 21 heavy (non-hydrogen) atoms. The standard InChI is InChI=1S/C17H25ClFNO/c1-12(2)7-17(21)14-3-5-20(6-4-14)11-13-8-15(18)10-16(19)9-13/h8-10,12,14,17,21H,3-7,11H2,1-2H3/t17-/m0/s1. The third kappa shape index (κ3) is 5.24. The van der Waals surface area contributed by atoms with Crippen molar-refractivity contribution in [2.75, 3.05) is 13.1 Å². The molecule has 1 aromatic rings. The highest BCUT2D eigenvalue weighted by molar-refractivity contribution is 6.30. The quantitative estimate of drug-likeness (QED) is 0.884. The van der Waals surface area contributed by atoms with Gasteiger partial charge in [-0.05, 0) is 68.0 Å². The lowest BCUT2D eigenvalue weighted by atomic mass is 9.87. The van der Waals surface area contributed by atoms with Crippen LogP contribution in [0.25, 0.3) is 0 Å². The molecule has 1 aliphatic rings. The summed E-state index contributed by atoms with van der Waals surface area (Å²) in [6.07, 6.45) is 2.72. The van der Waals surface area contributed by atoms with E-state index in [0.717, 1.165) is 44.5 Å². The summed E-state index contributed by atoms with van der Waals surface area (Å²) in [7, 11) is 0. The van der Waals surface area contributed by atoms with Crippen LogP contribution in [-0.2, 0) is 6.54 Å². The number of aliphatic hydroxyl groups is 1. The van der Waals surface area contributed by atoms with Gasteiger partial charge in [-0.25, -0.2) is 4.39 Å². The van der Waals surface area contributed by atoms with Gasteiger partial charge < -0.3 is 5.11 Å². The number of piperidine rings is 1. The zero-order valence-electron chi connectivity index (χ0n) is 12.9. The van der Waals surface area contributed by atoms with Crippen molar-refractivity contribution in [1.29, 1.82) is 0 Å². The van der Waals surface area contributed by atoms with E-state index in [-0.39, 0.29) is 11.9 Å². The van der Waals surface area contributed by atoms with Crippen LogP contribution < -0.4 is 0 Å². The van der Waals surface area contributed by atoms with Crippen molar-refractivity contribution < 1.29 is 9.50 Å². The van der Waals surface area contributed by atoms with Gasteiger partial charge in [0.15, 0.2) is 0 Å². The Morgan fingerprint density at radius 2 is 1.95 bits per heavy atom. The van der Waals surface area contributed by atoms with E-state index < -0.39 is 0 Å². The highest BCUT2D eigenvalue weighted by Crippen LogP contribution is 2.26. The SMILES string of the molecule is CC(C)C[C@H](O)C1CCN(Cc2cc(F)cc(Cl)c2)CC1. The first-order valence-corrected chi connectivity index (χ1v) is 8.17. The summed E-state index contributed by atoms with van der Waals surface area (Å²) in [4.78, 5) is 2.31. The molecule has 2 rings (SSSR count). The lowest BCUT2D eigenvalue weighted by molar-refractivity contribution is 0.0436. The molecule has 0 amide bonds. The Morgan fingerprint density at radius 3 is 2.52 bits per heavy atom. The van der Waals surface area contributed by atoms with Gasteiger partial charge in [0.05, 0.1) is 6.10 Å². The first-order valence-electron chi connectivity index (χ1n) is 7.79. The summed E-state index contributed by atoms with van der Waals surface area (Å²) in [6.45, 7) is 6.92. The van der Waals surface area contributed by atoms with Crippen LogP contribution in [0.15, 0.2) is 18.2 Å². The topological polar surface area (TPSA) is 23.5 Å². The number of hydrogen-bond donors (Lipinski definition) is 1. The Morgan fingerprint density at radius 1 is 1.29 bits per heavy atom. The molecule has 0 spiro atoms. The summed E-state index contributed by atoms with van der Waals surface area (Å²) in [5.41, 5.74) is 0.918.